The molecule has 3 nitrogen and oxygen atoms in total. The molecule has 0 amide bonds. The first-order chi connectivity index (χ1) is 4.74. The van der Waals surface area contributed by atoms with E-state index in [2.05, 4.69) is 4.98 Å². The molecule has 10 heavy (non-hydrogen) atoms. The molecule has 0 radical (unpaired) electrons. The smallest absolute Gasteiger partial charge is 0.304 e. The van der Waals surface area contributed by atoms with Crippen LogP contribution in [0.5, 0.6) is 0 Å². The van der Waals surface area contributed by atoms with Crippen LogP contribution in [-0.2, 0) is 0 Å². The van der Waals surface area contributed by atoms with Crippen molar-refractivity contribution in [1.29, 1.82) is 0 Å². The van der Waals surface area contributed by atoms with Gasteiger partial charge in [0, 0.05) is 23.5 Å². The molecule has 0 saturated heterocycles. The Morgan fingerprint density at radius 1 is 1.90 bits per heavy atom. The molecule has 0 aliphatic carbocycles. The third-order valence-electron chi connectivity index (χ3n) is 1.42. The summed E-state index contributed by atoms with van der Waals surface area (Å²) in [7, 11) is 0. The van der Waals surface area contributed by atoms with Crippen molar-refractivity contribution < 1.29 is 0 Å². The topological polar surface area (TPSA) is 58.9 Å². The third-order valence-corrected chi connectivity index (χ3v) is 2.11. The molecule has 1 atom stereocenters. The highest BCUT2D eigenvalue weighted by atomic mass is 32.1. The average Bonchev–Trinajstić information content (AvgIpc) is 2.34. The lowest BCUT2D eigenvalue weighted by Crippen LogP contribution is -2.10. The largest absolute Gasteiger partial charge is 0.330 e. The van der Waals surface area contributed by atoms with Gasteiger partial charge in [0.05, 0.1) is 0 Å². The molecule has 0 spiro atoms. The van der Waals surface area contributed by atoms with Gasteiger partial charge in [-0.3, -0.25) is 4.79 Å². The standard InChI is InChI=1S/C6H10N2OS/c1-4(2-7)5-3-10-6(9)8-5/h3-4H,2,7H2,1H3,(H,8,9). The first kappa shape index (κ1) is 7.50. The summed E-state index contributed by atoms with van der Waals surface area (Å²) >= 11 is 1.18. The summed E-state index contributed by atoms with van der Waals surface area (Å²) in [5.41, 5.74) is 6.34. The lowest BCUT2D eigenvalue weighted by Gasteiger charge is -2.02. The molecule has 0 fully saturated rings. The maximum Gasteiger partial charge on any atom is 0.304 e. The van der Waals surface area contributed by atoms with Gasteiger partial charge in [0.1, 0.15) is 0 Å². The number of aromatic amines is 1. The van der Waals surface area contributed by atoms with Crippen LogP contribution in [0.3, 0.4) is 0 Å². The highest BCUT2D eigenvalue weighted by molar-refractivity contribution is 7.07. The van der Waals surface area contributed by atoms with Crippen molar-refractivity contribution in [2.75, 3.05) is 6.54 Å². The van der Waals surface area contributed by atoms with E-state index in [1.54, 1.807) is 0 Å². The number of rotatable bonds is 2. The van der Waals surface area contributed by atoms with E-state index in [0.717, 1.165) is 5.69 Å². The molecule has 3 N–H and O–H groups in total. The number of H-pyrrole nitrogens is 1. The summed E-state index contributed by atoms with van der Waals surface area (Å²) in [4.78, 5) is 13.3. The molecular weight excluding hydrogens is 148 g/mol. The van der Waals surface area contributed by atoms with Gasteiger partial charge >= 0.3 is 4.87 Å². The molecular formula is C6H10N2OS. The minimum Gasteiger partial charge on any atom is -0.330 e. The van der Waals surface area contributed by atoms with E-state index in [1.165, 1.54) is 11.3 Å². The lowest BCUT2D eigenvalue weighted by atomic mass is 10.1. The third kappa shape index (κ3) is 1.46. The number of hydrogen-bond donors (Lipinski definition) is 2. The summed E-state index contributed by atoms with van der Waals surface area (Å²) in [5, 5.41) is 1.82. The van der Waals surface area contributed by atoms with Gasteiger partial charge in [0.2, 0.25) is 0 Å². The molecule has 0 bridgehead atoms. The van der Waals surface area contributed by atoms with E-state index in [0.29, 0.717) is 6.54 Å². The molecule has 4 heteroatoms. The van der Waals surface area contributed by atoms with Crippen molar-refractivity contribution in [2.45, 2.75) is 12.8 Å². The van der Waals surface area contributed by atoms with E-state index in [4.69, 9.17) is 5.73 Å². The molecule has 0 aliphatic rings. The number of nitrogens with one attached hydrogen (secondary N) is 1. The minimum absolute atomic E-state index is 0.00435. The van der Waals surface area contributed by atoms with Crippen LogP contribution >= 0.6 is 11.3 Å². The second-order valence-corrected chi connectivity index (χ2v) is 3.08. The first-order valence-electron chi connectivity index (χ1n) is 3.12. The number of hydrogen-bond acceptors (Lipinski definition) is 3. The predicted molar refractivity (Wildman–Crippen MR) is 42.4 cm³/mol. The maximum atomic E-state index is 10.6. The zero-order valence-electron chi connectivity index (χ0n) is 5.76. The minimum atomic E-state index is -0.00435. The number of thiazole rings is 1. The Hall–Kier alpha value is -0.610. The van der Waals surface area contributed by atoms with Crippen LogP contribution in [0.4, 0.5) is 0 Å². The van der Waals surface area contributed by atoms with E-state index in [-0.39, 0.29) is 10.8 Å². The molecule has 0 aliphatic heterocycles. The fourth-order valence-corrected chi connectivity index (χ4v) is 1.36. The van der Waals surface area contributed by atoms with Gasteiger partial charge in [-0.05, 0) is 0 Å². The second-order valence-electron chi connectivity index (χ2n) is 2.24. The van der Waals surface area contributed by atoms with Crippen molar-refractivity contribution in [2.24, 2.45) is 5.73 Å². The van der Waals surface area contributed by atoms with E-state index in [1.807, 2.05) is 12.3 Å². The Bertz CT molecular complexity index is 252. The van der Waals surface area contributed by atoms with Crippen LogP contribution in [0, 0.1) is 0 Å². The molecule has 1 heterocycles. The van der Waals surface area contributed by atoms with E-state index >= 15 is 0 Å². The fourth-order valence-electron chi connectivity index (χ4n) is 0.660. The van der Waals surface area contributed by atoms with Crippen LogP contribution in [0.15, 0.2) is 10.2 Å². The summed E-state index contributed by atoms with van der Waals surface area (Å²) < 4.78 is 0. The summed E-state index contributed by atoms with van der Waals surface area (Å²) in [6.07, 6.45) is 0. The van der Waals surface area contributed by atoms with Gasteiger partial charge in [-0.15, -0.1) is 0 Å². The highest BCUT2D eigenvalue weighted by Crippen LogP contribution is 2.09. The average molecular weight is 158 g/mol. The van der Waals surface area contributed by atoms with Crippen LogP contribution in [-0.4, -0.2) is 11.5 Å². The molecule has 1 rings (SSSR count). The fraction of sp³-hybridized carbons (Fsp3) is 0.500. The Morgan fingerprint density at radius 3 is 3.00 bits per heavy atom. The van der Waals surface area contributed by atoms with Gasteiger partial charge in [-0.2, -0.15) is 0 Å². The quantitative estimate of drug-likeness (QED) is 0.658. The van der Waals surface area contributed by atoms with Gasteiger partial charge in [-0.1, -0.05) is 18.3 Å². The van der Waals surface area contributed by atoms with Gasteiger partial charge in [0.15, 0.2) is 0 Å². The molecule has 0 saturated carbocycles. The van der Waals surface area contributed by atoms with Crippen molar-refractivity contribution in [3.8, 4) is 0 Å². The Balaban J connectivity index is 2.84. The molecule has 1 unspecified atom stereocenters. The van der Waals surface area contributed by atoms with Gasteiger partial charge < -0.3 is 10.7 Å². The van der Waals surface area contributed by atoms with Crippen molar-refractivity contribution in [1.82, 2.24) is 4.98 Å². The van der Waals surface area contributed by atoms with Crippen molar-refractivity contribution in [3.05, 3.63) is 20.7 Å². The maximum absolute atomic E-state index is 10.6. The zero-order chi connectivity index (χ0) is 7.56. The molecule has 1 aromatic rings. The number of aromatic nitrogens is 1. The monoisotopic (exact) mass is 158 g/mol. The highest BCUT2D eigenvalue weighted by Gasteiger charge is 2.03. The molecule has 56 valence electrons. The number of nitrogens with two attached hydrogens (primary N) is 1. The summed E-state index contributed by atoms with van der Waals surface area (Å²) in [5.74, 6) is 0.263. The Morgan fingerprint density at radius 2 is 2.60 bits per heavy atom. The predicted octanol–water partition coefficient (Wildman–Crippen LogP) is 0.499. The SMILES string of the molecule is CC(CN)c1csc(=O)[nH]1. The Labute approximate surface area is 62.9 Å². The summed E-state index contributed by atoms with van der Waals surface area (Å²) in [6.45, 7) is 2.56. The van der Waals surface area contributed by atoms with E-state index < -0.39 is 0 Å². The van der Waals surface area contributed by atoms with Gasteiger partial charge in [0.25, 0.3) is 0 Å². The van der Waals surface area contributed by atoms with Crippen LogP contribution in [0.1, 0.15) is 18.5 Å². The van der Waals surface area contributed by atoms with Crippen molar-refractivity contribution >= 4 is 11.3 Å². The Kier molecular flexibility index (Phi) is 2.24. The zero-order valence-corrected chi connectivity index (χ0v) is 6.57. The first-order valence-corrected chi connectivity index (χ1v) is 3.99. The lowest BCUT2D eigenvalue weighted by molar-refractivity contribution is 0.749. The van der Waals surface area contributed by atoms with E-state index in [9.17, 15) is 4.79 Å². The van der Waals surface area contributed by atoms with Gasteiger partial charge in [-0.25, -0.2) is 0 Å². The molecule has 1 aromatic heterocycles. The van der Waals surface area contributed by atoms with Crippen LogP contribution < -0.4 is 10.6 Å². The van der Waals surface area contributed by atoms with Crippen LogP contribution in [0.2, 0.25) is 0 Å². The van der Waals surface area contributed by atoms with Crippen molar-refractivity contribution in [3.63, 3.8) is 0 Å². The summed E-state index contributed by atoms with van der Waals surface area (Å²) in [6, 6.07) is 0. The van der Waals surface area contributed by atoms with Crippen LogP contribution in [0.25, 0.3) is 0 Å². The second kappa shape index (κ2) is 2.98. The normalized spacial score (nSPS) is 13.4. The molecule has 0 aromatic carbocycles.